The van der Waals surface area contributed by atoms with Gasteiger partial charge in [0.1, 0.15) is 5.82 Å². The van der Waals surface area contributed by atoms with Crippen LogP contribution in [0.5, 0.6) is 11.5 Å². The molecule has 30 heavy (non-hydrogen) atoms. The standard InChI is InChI=1S/C21H26FNO6S/c1-15(2)30(25,26)29-20-12-16(8-9-19(20)28-4)14-23(10-11-27-3)21(24)17-6-5-7-18(22)13-17/h5-9,12-13,15H,10-11,14H2,1-4H3. The summed E-state index contributed by atoms with van der Waals surface area (Å²) in [5.74, 6) is -0.595. The normalized spacial score (nSPS) is 11.4. The molecule has 0 aromatic heterocycles. The first-order chi connectivity index (χ1) is 14.2. The molecule has 0 saturated carbocycles. The van der Waals surface area contributed by atoms with E-state index >= 15 is 0 Å². The molecule has 2 rings (SSSR count). The third-order valence-electron chi connectivity index (χ3n) is 4.31. The van der Waals surface area contributed by atoms with Crippen LogP contribution in [0.2, 0.25) is 0 Å². The minimum Gasteiger partial charge on any atom is -0.493 e. The van der Waals surface area contributed by atoms with Crippen molar-refractivity contribution in [3.8, 4) is 11.5 Å². The Morgan fingerprint density at radius 1 is 1.10 bits per heavy atom. The Bertz CT molecular complexity index is 977. The van der Waals surface area contributed by atoms with Crippen molar-refractivity contribution in [3.05, 3.63) is 59.4 Å². The van der Waals surface area contributed by atoms with Gasteiger partial charge in [0.05, 0.1) is 19.0 Å². The number of halogens is 1. The van der Waals surface area contributed by atoms with Gasteiger partial charge in [-0.1, -0.05) is 12.1 Å². The van der Waals surface area contributed by atoms with Crippen LogP contribution in [0.4, 0.5) is 4.39 Å². The molecule has 0 bridgehead atoms. The highest BCUT2D eigenvalue weighted by molar-refractivity contribution is 7.87. The van der Waals surface area contributed by atoms with Gasteiger partial charge in [0.25, 0.3) is 5.91 Å². The first-order valence-corrected chi connectivity index (χ1v) is 10.8. The van der Waals surface area contributed by atoms with Crippen molar-refractivity contribution in [1.82, 2.24) is 4.90 Å². The molecule has 2 aromatic carbocycles. The smallest absolute Gasteiger partial charge is 0.311 e. The molecule has 0 atom stereocenters. The topological polar surface area (TPSA) is 82.1 Å². The van der Waals surface area contributed by atoms with Gasteiger partial charge in [0, 0.05) is 25.8 Å². The second-order valence-electron chi connectivity index (χ2n) is 6.84. The Morgan fingerprint density at radius 2 is 1.83 bits per heavy atom. The third-order valence-corrected chi connectivity index (χ3v) is 5.88. The zero-order valence-electron chi connectivity index (χ0n) is 17.4. The summed E-state index contributed by atoms with van der Waals surface area (Å²) < 4.78 is 53.4. The summed E-state index contributed by atoms with van der Waals surface area (Å²) in [5, 5.41) is -0.737. The molecular formula is C21H26FNO6S. The van der Waals surface area contributed by atoms with E-state index in [1.165, 1.54) is 63.3 Å². The lowest BCUT2D eigenvalue weighted by Crippen LogP contribution is -2.33. The summed E-state index contributed by atoms with van der Waals surface area (Å²) in [6, 6.07) is 10.2. The second-order valence-corrected chi connectivity index (χ2v) is 8.94. The molecule has 0 saturated heterocycles. The van der Waals surface area contributed by atoms with Crippen molar-refractivity contribution in [2.24, 2.45) is 0 Å². The minimum atomic E-state index is -3.83. The van der Waals surface area contributed by atoms with Crippen LogP contribution in [-0.4, -0.2) is 51.8 Å². The molecule has 0 N–H and O–H groups in total. The summed E-state index contributed by atoms with van der Waals surface area (Å²) in [7, 11) is -0.910. The van der Waals surface area contributed by atoms with Gasteiger partial charge in [-0.2, -0.15) is 8.42 Å². The van der Waals surface area contributed by atoms with Gasteiger partial charge in [-0.15, -0.1) is 0 Å². The summed E-state index contributed by atoms with van der Waals surface area (Å²) in [6.45, 7) is 3.70. The van der Waals surface area contributed by atoms with Gasteiger partial charge >= 0.3 is 10.1 Å². The van der Waals surface area contributed by atoms with Crippen LogP contribution >= 0.6 is 0 Å². The van der Waals surface area contributed by atoms with E-state index in [0.717, 1.165) is 0 Å². The van der Waals surface area contributed by atoms with Crippen molar-refractivity contribution in [3.63, 3.8) is 0 Å². The number of methoxy groups -OCH3 is 2. The van der Waals surface area contributed by atoms with Crippen molar-refractivity contribution in [1.29, 1.82) is 0 Å². The predicted octanol–water partition coefficient (Wildman–Crippen LogP) is 3.24. The van der Waals surface area contributed by atoms with Crippen LogP contribution in [0.1, 0.15) is 29.8 Å². The number of hydrogen-bond acceptors (Lipinski definition) is 6. The van der Waals surface area contributed by atoms with E-state index in [-0.39, 0.29) is 42.7 Å². The monoisotopic (exact) mass is 439 g/mol. The molecule has 0 heterocycles. The fourth-order valence-corrected chi connectivity index (χ4v) is 3.16. The summed E-state index contributed by atoms with van der Waals surface area (Å²) in [6.07, 6.45) is 0. The highest BCUT2D eigenvalue weighted by Crippen LogP contribution is 2.30. The number of rotatable bonds is 10. The van der Waals surface area contributed by atoms with E-state index in [2.05, 4.69) is 0 Å². The van der Waals surface area contributed by atoms with Gasteiger partial charge in [0.15, 0.2) is 11.5 Å². The fraction of sp³-hybridized carbons (Fsp3) is 0.381. The molecule has 0 radical (unpaired) electrons. The first-order valence-electron chi connectivity index (χ1n) is 9.32. The van der Waals surface area contributed by atoms with Crippen molar-refractivity contribution in [2.75, 3.05) is 27.4 Å². The summed E-state index contributed by atoms with van der Waals surface area (Å²) >= 11 is 0. The summed E-state index contributed by atoms with van der Waals surface area (Å²) in [5.41, 5.74) is 0.823. The van der Waals surface area contributed by atoms with E-state index in [1.807, 2.05) is 0 Å². The molecule has 1 amide bonds. The van der Waals surface area contributed by atoms with Gasteiger partial charge < -0.3 is 18.6 Å². The van der Waals surface area contributed by atoms with Gasteiger partial charge in [-0.3, -0.25) is 4.79 Å². The quantitative estimate of drug-likeness (QED) is 0.529. The van der Waals surface area contributed by atoms with E-state index in [4.69, 9.17) is 13.7 Å². The van der Waals surface area contributed by atoms with Gasteiger partial charge in [0.2, 0.25) is 0 Å². The van der Waals surface area contributed by atoms with Crippen LogP contribution in [0, 0.1) is 5.82 Å². The molecule has 0 aliphatic heterocycles. The van der Waals surface area contributed by atoms with E-state index < -0.39 is 21.2 Å². The lowest BCUT2D eigenvalue weighted by molar-refractivity contribution is 0.0680. The first kappa shape index (κ1) is 23.6. The fourth-order valence-electron chi connectivity index (χ4n) is 2.58. The molecule has 0 unspecified atom stereocenters. The maximum Gasteiger partial charge on any atom is 0.311 e. The lowest BCUT2D eigenvalue weighted by Gasteiger charge is -2.23. The highest BCUT2D eigenvalue weighted by Gasteiger charge is 2.22. The van der Waals surface area contributed by atoms with Crippen LogP contribution in [0.15, 0.2) is 42.5 Å². The molecule has 7 nitrogen and oxygen atoms in total. The predicted molar refractivity (Wildman–Crippen MR) is 111 cm³/mol. The van der Waals surface area contributed by atoms with Crippen LogP contribution < -0.4 is 8.92 Å². The maximum absolute atomic E-state index is 13.5. The highest BCUT2D eigenvalue weighted by atomic mass is 32.2. The maximum atomic E-state index is 13.5. The Balaban J connectivity index is 2.33. The molecular weight excluding hydrogens is 413 g/mol. The number of carbonyl (C=O) groups excluding carboxylic acids is 1. The molecule has 9 heteroatoms. The largest absolute Gasteiger partial charge is 0.493 e. The number of carbonyl (C=O) groups is 1. The zero-order valence-corrected chi connectivity index (χ0v) is 18.2. The van der Waals surface area contributed by atoms with Crippen molar-refractivity contribution in [2.45, 2.75) is 25.6 Å². The zero-order chi connectivity index (χ0) is 22.3. The minimum absolute atomic E-state index is 0.0357. The summed E-state index contributed by atoms with van der Waals surface area (Å²) in [4.78, 5) is 14.4. The van der Waals surface area contributed by atoms with E-state index in [9.17, 15) is 17.6 Å². The number of hydrogen-bond donors (Lipinski definition) is 0. The van der Waals surface area contributed by atoms with Gasteiger partial charge in [-0.05, 0) is 49.7 Å². The molecule has 0 aliphatic carbocycles. The molecule has 0 aliphatic rings. The Hall–Kier alpha value is -2.65. The SMILES string of the molecule is COCCN(Cc1ccc(OC)c(OS(=O)(=O)C(C)C)c1)C(=O)c1cccc(F)c1. The van der Waals surface area contributed by atoms with Gasteiger partial charge in [-0.25, -0.2) is 4.39 Å². The number of amides is 1. The van der Waals surface area contributed by atoms with Crippen molar-refractivity contribution >= 4 is 16.0 Å². The molecule has 0 fully saturated rings. The Morgan fingerprint density at radius 3 is 2.43 bits per heavy atom. The van der Waals surface area contributed by atoms with E-state index in [1.54, 1.807) is 12.1 Å². The van der Waals surface area contributed by atoms with Crippen LogP contribution in [0.3, 0.4) is 0 Å². The Kier molecular flexibility index (Phi) is 8.19. The molecule has 164 valence electrons. The second kappa shape index (κ2) is 10.4. The number of benzene rings is 2. The van der Waals surface area contributed by atoms with Crippen LogP contribution in [0.25, 0.3) is 0 Å². The molecule has 0 spiro atoms. The van der Waals surface area contributed by atoms with Crippen LogP contribution in [-0.2, 0) is 21.4 Å². The molecule has 2 aromatic rings. The Labute approximate surface area is 176 Å². The average molecular weight is 440 g/mol. The third kappa shape index (κ3) is 6.17. The van der Waals surface area contributed by atoms with E-state index in [0.29, 0.717) is 5.56 Å². The number of ether oxygens (including phenoxy) is 2. The van der Waals surface area contributed by atoms with Crippen molar-refractivity contribution < 1.29 is 31.3 Å². The lowest BCUT2D eigenvalue weighted by atomic mass is 10.1. The number of nitrogens with zero attached hydrogens (tertiary/aromatic N) is 1. The average Bonchev–Trinajstić information content (AvgIpc) is 2.70.